The van der Waals surface area contributed by atoms with Gasteiger partial charge in [0.1, 0.15) is 22.9 Å². The van der Waals surface area contributed by atoms with Crippen LogP contribution in [0.3, 0.4) is 0 Å². The first-order valence-corrected chi connectivity index (χ1v) is 8.78. The van der Waals surface area contributed by atoms with E-state index in [9.17, 15) is 9.90 Å². The molecule has 0 bridgehead atoms. The number of phenols is 1. The number of benzene rings is 2. The lowest BCUT2D eigenvalue weighted by Crippen LogP contribution is -2.04. The average Bonchev–Trinajstić information content (AvgIpc) is 2.99. The highest BCUT2D eigenvalue weighted by Gasteiger charge is 2.20. The van der Waals surface area contributed by atoms with Crippen molar-refractivity contribution in [1.82, 2.24) is 14.5 Å². The highest BCUT2D eigenvalue weighted by atomic mass is 16.3. The molecule has 2 aromatic heterocycles. The summed E-state index contributed by atoms with van der Waals surface area (Å²) in [5.74, 6) is 0.881. The van der Waals surface area contributed by atoms with E-state index in [0.29, 0.717) is 35.5 Å². The lowest BCUT2D eigenvalue weighted by molar-refractivity contribution is 0.112. The Morgan fingerprint density at radius 1 is 1.21 bits per heavy atom. The highest BCUT2D eigenvalue weighted by molar-refractivity contribution is 6.01. The zero-order valence-corrected chi connectivity index (χ0v) is 15.3. The van der Waals surface area contributed by atoms with Gasteiger partial charge in [-0.2, -0.15) is 0 Å². The maximum atomic E-state index is 11.7. The van der Waals surface area contributed by atoms with Crippen LogP contribution in [0.1, 0.15) is 21.5 Å². The van der Waals surface area contributed by atoms with Crippen molar-refractivity contribution >= 4 is 29.1 Å². The van der Waals surface area contributed by atoms with E-state index in [1.54, 1.807) is 29.0 Å². The zero-order chi connectivity index (χ0) is 19.7. The molecule has 0 saturated carbocycles. The molecule has 0 amide bonds. The van der Waals surface area contributed by atoms with E-state index in [4.69, 9.17) is 5.73 Å². The van der Waals surface area contributed by atoms with Crippen molar-refractivity contribution in [1.29, 1.82) is 0 Å². The minimum atomic E-state index is 0.101. The number of carbonyl (C=O) groups is 1. The molecule has 2 heterocycles. The van der Waals surface area contributed by atoms with Gasteiger partial charge in [0.05, 0.1) is 17.4 Å². The summed E-state index contributed by atoms with van der Waals surface area (Å²) in [5, 5.41) is 13.1. The van der Waals surface area contributed by atoms with Gasteiger partial charge in [0, 0.05) is 12.6 Å². The molecule has 140 valence electrons. The van der Waals surface area contributed by atoms with Gasteiger partial charge in [-0.15, -0.1) is 0 Å². The van der Waals surface area contributed by atoms with Crippen LogP contribution in [0.2, 0.25) is 0 Å². The number of nitrogens with one attached hydrogen (secondary N) is 1. The minimum absolute atomic E-state index is 0.101. The first kappa shape index (κ1) is 17.5. The number of anilines is 2. The predicted molar refractivity (Wildman–Crippen MR) is 109 cm³/mol. The van der Waals surface area contributed by atoms with Crippen LogP contribution in [0.15, 0.2) is 54.7 Å². The second kappa shape index (κ2) is 7.03. The Kier molecular flexibility index (Phi) is 4.41. The monoisotopic (exact) mass is 373 g/mol. The van der Waals surface area contributed by atoms with E-state index in [1.807, 2.05) is 37.3 Å². The first-order chi connectivity index (χ1) is 13.6. The molecule has 7 nitrogen and oxygen atoms in total. The normalized spacial score (nSPS) is 10.9. The standard InChI is InChI=1S/C21H19N5O2/c1-13-7-8-15(28)9-17(13)26-20(22)16(12-27)19-21(26)24-11-18(25-19)23-10-14-5-3-2-4-6-14/h2-9,11-12,28H,10,22H2,1H3,(H,23,25). The zero-order valence-electron chi connectivity index (χ0n) is 15.3. The van der Waals surface area contributed by atoms with Gasteiger partial charge < -0.3 is 16.2 Å². The molecule has 4 N–H and O–H groups in total. The Balaban J connectivity index is 1.79. The predicted octanol–water partition coefficient (Wildman–Crippen LogP) is 3.44. The van der Waals surface area contributed by atoms with Crippen LogP contribution < -0.4 is 11.1 Å². The largest absolute Gasteiger partial charge is 0.508 e. The number of carbonyl (C=O) groups excluding carboxylic acids is 1. The minimum Gasteiger partial charge on any atom is -0.508 e. The number of aldehydes is 1. The van der Waals surface area contributed by atoms with Crippen LogP contribution in [-0.4, -0.2) is 25.9 Å². The molecule has 0 saturated heterocycles. The molecule has 4 rings (SSSR count). The number of fused-ring (bicyclic) bond motifs is 1. The van der Waals surface area contributed by atoms with Crippen LogP contribution in [0.4, 0.5) is 11.6 Å². The highest BCUT2D eigenvalue weighted by Crippen LogP contribution is 2.31. The van der Waals surface area contributed by atoms with Gasteiger partial charge in [0.25, 0.3) is 0 Å². The number of aromatic hydroxyl groups is 1. The van der Waals surface area contributed by atoms with E-state index in [-0.39, 0.29) is 17.1 Å². The molecule has 0 aliphatic rings. The fourth-order valence-corrected chi connectivity index (χ4v) is 3.16. The van der Waals surface area contributed by atoms with Gasteiger partial charge in [-0.05, 0) is 24.1 Å². The van der Waals surface area contributed by atoms with Crippen molar-refractivity contribution in [2.45, 2.75) is 13.5 Å². The number of aryl methyl sites for hydroxylation is 1. The third-order valence-corrected chi connectivity index (χ3v) is 4.60. The molecular weight excluding hydrogens is 354 g/mol. The Bertz CT molecular complexity index is 1170. The van der Waals surface area contributed by atoms with Crippen molar-refractivity contribution in [2.75, 3.05) is 11.1 Å². The number of nitrogen functional groups attached to an aromatic ring is 1. The van der Waals surface area contributed by atoms with Gasteiger partial charge in [-0.1, -0.05) is 36.4 Å². The number of rotatable bonds is 5. The molecule has 4 aromatic rings. The van der Waals surface area contributed by atoms with E-state index in [2.05, 4.69) is 15.3 Å². The molecule has 0 unspecified atom stereocenters. The molecule has 0 aliphatic heterocycles. The molecule has 0 radical (unpaired) electrons. The molecule has 2 aromatic carbocycles. The Morgan fingerprint density at radius 2 is 2.00 bits per heavy atom. The third-order valence-electron chi connectivity index (χ3n) is 4.60. The smallest absolute Gasteiger partial charge is 0.165 e. The lowest BCUT2D eigenvalue weighted by Gasteiger charge is -2.11. The van der Waals surface area contributed by atoms with Gasteiger partial charge in [-0.3, -0.25) is 9.36 Å². The summed E-state index contributed by atoms with van der Waals surface area (Å²) in [6.45, 7) is 2.48. The maximum absolute atomic E-state index is 11.7. The first-order valence-electron chi connectivity index (χ1n) is 8.78. The van der Waals surface area contributed by atoms with Gasteiger partial charge in [0.2, 0.25) is 0 Å². The van der Waals surface area contributed by atoms with Gasteiger partial charge in [0.15, 0.2) is 11.9 Å². The SMILES string of the molecule is Cc1ccc(O)cc1-n1c(N)c(C=O)c2nc(NCc3ccccc3)cnc21. The number of aromatic nitrogens is 3. The Labute approximate surface area is 161 Å². The molecule has 0 fully saturated rings. The second-order valence-corrected chi connectivity index (χ2v) is 6.49. The topological polar surface area (TPSA) is 106 Å². The molecule has 28 heavy (non-hydrogen) atoms. The summed E-state index contributed by atoms with van der Waals surface area (Å²) in [4.78, 5) is 20.7. The fraction of sp³-hybridized carbons (Fsp3) is 0.0952. The lowest BCUT2D eigenvalue weighted by atomic mass is 10.2. The maximum Gasteiger partial charge on any atom is 0.165 e. The number of phenolic OH excluding ortho intramolecular Hbond substituents is 1. The number of hydrogen-bond acceptors (Lipinski definition) is 6. The van der Waals surface area contributed by atoms with E-state index in [0.717, 1.165) is 11.1 Å². The fourth-order valence-electron chi connectivity index (χ4n) is 3.16. The summed E-state index contributed by atoms with van der Waals surface area (Å²) in [6.07, 6.45) is 2.29. The summed E-state index contributed by atoms with van der Waals surface area (Å²) < 4.78 is 1.64. The van der Waals surface area contributed by atoms with E-state index in [1.165, 1.54) is 0 Å². The quantitative estimate of drug-likeness (QED) is 0.463. The number of hydrogen-bond donors (Lipinski definition) is 3. The molecular formula is C21H19N5O2. The van der Waals surface area contributed by atoms with Crippen molar-refractivity contribution in [2.24, 2.45) is 0 Å². The molecule has 0 aliphatic carbocycles. The van der Waals surface area contributed by atoms with Gasteiger partial charge >= 0.3 is 0 Å². The van der Waals surface area contributed by atoms with Crippen LogP contribution in [0, 0.1) is 6.92 Å². The number of nitrogens with two attached hydrogens (primary N) is 1. The van der Waals surface area contributed by atoms with Crippen molar-refractivity contribution in [3.8, 4) is 11.4 Å². The van der Waals surface area contributed by atoms with Crippen molar-refractivity contribution in [3.05, 3.63) is 71.4 Å². The van der Waals surface area contributed by atoms with E-state index >= 15 is 0 Å². The van der Waals surface area contributed by atoms with Crippen LogP contribution in [-0.2, 0) is 6.54 Å². The molecule has 0 atom stereocenters. The van der Waals surface area contributed by atoms with Crippen LogP contribution in [0.5, 0.6) is 5.75 Å². The Morgan fingerprint density at radius 3 is 2.75 bits per heavy atom. The Hall–Kier alpha value is -3.87. The average molecular weight is 373 g/mol. The van der Waals surface area contributed by atoms with Gasteiger partial charge in [-0.25, -0.2) is 9.97 Å². The molecule has 7 heteroatoms. The van der Waals surface area contributed by atoms with Crippen molar-refractivity contribution < 1.29 is 9.90 Å². The van der Waals surface area contributed by atoms with Crippen LogP contribution in [0.25, 0.3) is 16.9 Å². The molecule has 0 spiro atoms. The third kappa shape index (κ3) is 3.03. The summed E-state index contributed by atoms with van der Waals surface area (Å²) >= 11 is 0. The summed E-state index contributed by atoms with van der Waals surface area (Å²) in [5.41, 5.74) is 10.0. The van der Waals surface area contributed by atoms with Crippen molar-refractivity contribution in [3.63, 3.8) is 0 Å². The second-order valence-electron chi connectivity index (χ2n) is 6.49. The van der Waals surface area contributed by atoms with E-state index < -0.39 is 0 Å². The number of nitrogens with zero attached hydrogens (tertiary/aromatic N) is 3. The summed E-state index contributed by atoms with van der Waals surface area (Å²) in [7, 11) is 0. The summed E-state index contributed by atoms with van der Waals surface area (Å²) in [6, 6.07) is 14.9. The van der Waals surface area contributed by atoms with Crippen LogP contribution >= 0.6 is 0 Å².